The van der Waals surface area contributed by atoms with Gasteiger partial charge in [-0.05, 0) is 30.3 Å². The SMILES string of the molecule is Nc1ccccc1C(=O)NC(=O)C(=O)Nc1ccc(Cl)c(Cl)c1. The Morgan fingerprint density at radius 2 is 1.61 bits per heavy atom. The number of carbonyl (C=O) groups is 3. The van der Waals surface area contributed by atoms with E-state index in [1.807, 2.05) is 5.32 Å². The minimum Gasteiger partial charge on any atom is -0.398 e. The zero-order valence-corrected chi connectivity index (χ0v) is 13.1. The van der Waals surface area contributed by atoms with Crippen molar-refractivity contribution in [1.29, 1.82) is 0 Å². The number of anilines is 2. The molecule has 3 amide bonds. The number of carbonyl (C=O) groups excluding carboxylic acids is 3. The van der Waals surface area contributed by atoms with Gasteiger partial charge in [0.25, 0.3) is 5.91 Å². The molecule has 0 heterocycles. The maximum Gasteiger partial charge on any atom is 0.316 e. The van der Waals surface area contributed by atoms with E-state index in [0.717, 1.165) is 0 Å². The number of halogens is 2. The lowest BCUT2D eigenvalue weighted by atomic mass is 10.1. The van der Waals surface area contributed by atoms with Crippen LogP contribution in [0.25, 0.3) is 0 Å². The first-order valence-electron chi connectivity index (χ1n) is 6.34. The second-order valence-electron chi connectivity index (χ2n) is 4.45. The topological polar surface area (TPSA) is 101 Å². The van der Waals surface area contributed by atoms with Crippen molar-refractivity contribution in [3.05, 3.63) is 58.1 Å². The van der Waals surface area contributed by atoms with Gasteiger partial charge < -0.3 is 11.1 Å². The number of nitrogens with two attached hydrogens (primary N) is 1. The molecule has 0 aliphatic carbocycles. The van der Waals surface area contributed by atoms with Crippen LogP contribution >= 0.6 is 23.2 Å². The van der Waals surface area contributed by atoms with E-state index in [-0.39, 0.29) is 22.0 Å². The molecule has 4 N–H and O–H groups in total. The molecule has 8 heteroatoms. The van der Waals surface area contributed by atoms with Crippen LogP contribution in [0.5, 0.6) is 0 Å². The zero-order valence-electron chi connectivity index (χ0n) is 11.6. The molecule has 2 aromatic carbocycles. The summed E-state index contributed by atoms with van der Waals surface area (Å²) in [7, 11) is 0. The first-order valence-corrected chi connectivity index (χ1v) is 7.10. The van der Waals surface area contributed by atoms with Crippen molar-refractivity contribution in [3.63, 3.8) is 0 Å². The van der Waals surface area contributed by atoms with E-state index in [1.54, 1.807) is 12.1 Å². The summed E-state index contributed by atoms with van der Waals surface area (Å²) in [5.41, 5.74) is 6.19. The Morgan fingerprint density at radius 3 is 2.26 bits per heavy atom. The predicted octanol–water partition coefficient (Wildman–Crippen LogP) is 2.47. The molecule has 0 fully saturated rings. The van der Waals surface area contributed by atoms with Gasteiger partial charge in [-0.1, -0.05) is 35.3 Å². The molecule has 0 aromatic heterocycles. The molecule has 0 atom stereocenters. The van der Waals surface area contributed by atoms with Crippen LogP contribution in [0.3, 0.4) is 0 Å². The average molecular weight is 352 g/mol. The summed E-state index contributed by atoms with van der Waals surface area (Å²) in [6, 6.07) is 10.5. The van der Waals surface area contributed by atoms with Crippen molar-refractivity contribution in [2.45, 2.75) is 0 Å². The molecule has 0 saturated heterocycles. The van der Waals surface area contributed by atoms with Crippen LogP contribution in [0.1, 0.15) is 10.4 Å². The summed E-state index contributed by atoms with van der Waals surface area (Å²) in [5.74, 6) is -2.91. The van der Waals surface area contributed by atoms with E-state index in [4.69, 9.17) is 28.9 Å². The Morgan fingerprint density at radius 1 is 0.913 bits per heavy atom. The standard InChI is InChI=1S/C15H11Cl2N3O3/c16-10-6-5-8(7-11(10)17)19-14(22)15(23)20-13(21)9-3-1-2-4-12(9)18/h1-7H,18H2,(H,19,22)(H,20,21,23). The fraction of sp³-hybridized carbons (Fsp3) is 0. The maximum absolute atomic E-state index is 11.9. The molecule has 6 nitrogen and oxygen atoms in total. The lowest BCUT2D eigenvalue weighted by Crippen LogP contribution is -2.39. The molecular weight excluding hydrogens is 341 g/mol. The van der Waals surface area contributed by atoms with Crippen LogP contribution < -0.4 is 16.4 Å². The fourth-order valence-electron chi connectivity index (χ4n) is 1.69. The predicted molar refractivity (Wildman–Crippen MR) is 88.4 cm³/mol. The molecule has 0 bridgehead atoms. The van der Waals surface area contributed by atoms with Gasteiger partial charge in [0.1, 0.15) is 0 Å². The number of rotatable bonds is 2. The van der Waals surface area contributed by atoms with E-state index < -0.39 is 17.7 Å². The Hall–Kier alpha value is -2.57. The highest BCUT2D eigenvalue weighted by molar-refractivity contribution is 6.44. The second kappa shape index (κ2) is 7.13. The lowest BCUT2D eigenvalue weighted by Gasteiger charge is -2.08. The van der Waals surface area contributed by atoms with Crippen LogP contribution in [0.15, 0.2) is 42.5 Å². The Kier molecular flexibility index (Phi) is 5.20. The minimum atomic E-state index is -1.12. The first-order chi connectivity index (χ1) is 10.9. The molecule has 118 valence electrons. The first kappa shape index (κ1) is 16.8. The van der Waals surface area contributed by atoms with Gasteiger partial charge in [0, 0.05) is 11.4 Å². The molecule has 2 rings (SSSR count). The van der Waals surface area contributed by atoms with Crippen molar-refractivity contribution in [3.8, 4) is 0 Å². The van der Waals surface area contributed by atoms with Crippen molar-refractivity contribution in [2.75, 3.05) is 11.1 Å². The van der Waals surface area contributed by atoms with Gasteiger partial charge >= 0.3 is 11.8 Å². The van der Waals surface area contributed by atoms with Crippen molar-refractivity contribution in [1.82, 2.24) is 5.32 Å². The summed E-state index contributed by atoms with van der Waals surface area (Å²) < 4.78 is 0. The van der Waals surface area contributed by atoms with Gasteiger partial charge in [0.2, 0.25) is 0 Å². The van der Waals surface area contributed by atoms with E-state index in [9.17, 15) is 14.4 Å². The molecular formula is C15H11Cl2N3O3. The molecule has 0 aliphatic rings. The van der Waals surface area contributed by atoms with E-state index in [1.165, 1.54) is 30.3 Å². The highest BCUT2D eigenvalue weighted by atomic mass is 35.5. The molecule has 0 unspecified atom stereocenters. The summed E-state index contributed by atoms with van der Waals surface area (Å²) in [4.78, 5) is 35.4. The number of benzene rings is 2. The van der Waals surface area contributed by atoms with Gasteiger partial charge in [0.15, 0.2) is 0 Å². The third-order valence-electron chi connectivity index (χ3n) is 2.82. The number of nitrogen functional groups attached to an aromatic ring is 1. The van der Waals surface area contributed by atoms with Gasteiger partial charge in [-0.15, -0.1) is 0 Å². The molecule has 0 saturated carbocycles. The van der Waals surface area contributed by atoms with E-state index >= 15 is 0 Å². The number of hydrogen-bond donors (Lipinski definition) is 3. The summed E-state index contributed by atoms with van der Waals surface area (Å²) in [5, 5.41) is 4.79. The van der Waals surface area contributed by atoms with Crippen LogP contribution in [0.2, 0.25) is 10.0 Å². The van der Waals surface area contributed by atoms with Crippen LogP contribution in [0, 0.1) is 0 Å². The third-order valence-corrected chi connectivity index (χ3v) is 3.56. The van der Waals surface area contributed by atoms with Gasteiger partial charge in [0.05, 0.1) is 15.6 Å². The van der Waals surface area contributed by atoms with Gasteiger partial charge in [-0.25, -0.2) is 0 Å². The quantitative estimate of drug-likeness (QED) is 0.571. The second-order valence-corrected chi connectivity index (χ2v) is 5.27. The summed E-state index contributed by atoms with van der Waals surface area (Å²) in [6.07, 6.45) is 0. The van der Waals surface area contributed by atoms with Crippen molar-refractivity contribution >= 4 is 52.3 Å². The van der Waals surface area contributed by atoms with Crippen LogP contribution in [-0.2, 0) is 9.59 Å². The molecule has 2 aromatic rings. The highest BCUT2D eigenvalue weighted by Gasteiger charge is 2.19. The van der Waals surface area contributed by atoms with Crippen molar-refractivity contribution in [2.24, 2.45) is 0 Å². The van der Waals surface area contributed by atoms with Crippen LogP contribution in [0.4, 0.5) is 11.4 Å². The van der Waals surface area contributed by atoms with Gasteiger partial charge in [-0.3, -0.25) is 19.7 Å². The summed E-state index contributed by atoms with van der Waals surface area (Å²) in [6.45, 7) is 0. The largest absolute Gasteiger partial charge is 0.398 e. The Labute approximate surface area is 141 Å². The van der Waals surface area contributed by atoms with Crippen LogP contribution in [-0.4, -0.2) is 17.7 Å². The number of imide groups is 1. The minimum absolute atomic E-state index is 0.100. The molecule has 0 spiro atoms. The van der Waals surface area contributed by atoms with E-state index in [0.29, 0.717) is 5.02 Å². The monoisotopic (exact) mass is 351 g/mol. The highest BCUT2D eigenvalue weighted by Crippen LogP contribution is 2.24. The zero-order chi connectivity index (χ0) is 17.0. The Bertz CT molecular complexity index is 793. The maximum atomic E-state index is 11.9. The smallest absolute Gasteiger partial charge is 0.316 e. The number of amides is 3. The fourth-order valence-corrected chi connectivity index (χ4v) is 1.99. The molecule has 0 radical (unpaired) electrons. The Balaban J connectivity index is 2.02. The number of hydrogen-bond acceptors (Lipinski definition) is 4. The average Bonchev–Trinajstić information content (AvgIpc) is 2.51. The normalized spacial score (nSPS) is 10.0. The van der Waals surface area contributed by atoms with Crippen molar-refractivity contribution < 1.29 is 14.4 Å². The van der Waals surface area contributed by atoms with E-state index in [2.05, 4.69) is 5.32 Å². The number of nitrogens with one attached hydrogen (secondary N) is 2. The third kappa shape index (κ3) is 4.21. The van der Waals surface area contributed by atoms with Gasteiger partial charge in [-0.2, -0.15) is 0 Å². The summed E-state index contributed by atoms with van der Waals surface area (Å²) >= 11 is 11.6. The molecule has 0 aliphatic heterocycles. The lowest BCUT2D eigenvalue weighted by molar-refractivity contribution is -0.135. The molecule has 23 heavy (non-hydrogen) atoms. The number of para-hydroxylation sites is 1.